The van der Waals surface area contributed by atoms with E-state index in [1.54, 1.807) is 6.20 Å². The molecule has 0 radical (unpaired) electrons. The van der Waals surface area contributed by atoms with Crippen LogP contribution in [0.2, 0.25) is 0 Å². The third-order valence-electron chi connectivity index (χ3n) is 5.11. The Morgan fingerprint density at radius 2 is 2.04 bits per heavy atom. The number of hydrogen-bond donors (Lipinski definition) is 2. The molecular weight excluding hydrogens is 302 g/mol. The van der Waals surface area contributed by atoms with E-state index in [1.807, 2.05) is 12.1 Å². The van der Waals surface area contributed by atoms with Crippen molar-refractivity contribution >= 4 is 0 Å². The minimum Gasteiger partial charge on any atom is -0.458 e. The summed E-state index contributed by atoms with van der Waals surface area (Å²) >= 11 is 0. The van der Waals surface area contributed by atoms with Gasteiger partial charge in [-0.15, -0.1) is 0 Å². The van der Waals surface area contributed by atoms with Crippen molar-refractivity contribution in [3.05, 3.63) is 47.1 Å². The van der Waals surface area contributed by atoms with Gasteiger partial charge in [0, 0.05) is 37.3 Å². The smallest absolute Gasteiger partial charge is 0.152 e. The third kappa shape index (κ3) is 2.57. The van der Waals surface area contributed by atoms with Crippen molar-refractivity contribution in [3.8, 4) is 11.5 Å². The van der Waals surface area contributed by atoms with Gasteiger partial charge >= 0.3 is 0 Å². The second-order valence-corrected chi connectivity index (χ2v) is 6.85. The molecule has 124 valence electrons. The molecule has 0 aromatic carbocycles. The maximum absolute atomic E-state index is 5.97. The lowest BCUT2D eigenvalue weighted by molar-refractivity contribution is 0.255. The zero-order valence-electron chi connectivity index (χ0n) is 13.6. The number of H-pyrrole nitrogens is 2. The van der Waals surface area contributed by atoms with Gasteiger partial charge in [0.2, 0.25) is 0 Å². The fourth-order valence-corrected chi connectivity index (χ4v) is 3.63. The first kappa shape index (κ1) is 14.0. The molecule has 24 heavy (non-hydrogen) atoms. The Hall–Kier alpha value is -2.34. The van der Waals surface area contributed by atoms with Crippen molar-refractivity contribution in [1.82, 2.24) is 25.3 Å². The molecule has 4 heterocycles. The molecule has 0 saturated heterocycles. The van der Waals surface area contributed by atoms with Crippen LogP contribution in [-0.4, -0.2) is 38.4 Å². The Morgan fingerprint density at radius 1 is 1.12 bits per heavy atom. The predicted octanol–water partition coefficient (Wildman–Crippen LogP) is 2.87. The number of rotatable bonds is 4. The number of fused-ring (bicyclic) bond motifs is 1. The molecule has 3 aromatic rings. The zero-order chi connectivity index (χ0) is 15.9. The summed E-state index contributed by atoms with van der Waals surface area (Å²) in [6.45, 7) is 2.95. The minimum absolute atomic E-state index is 0.721. The molecule has 2 N–H and O–H groups in total. The van der Waals surface area contributed by atoms with Crippen molar-refractivity contribution < 1.29 is 4.42 Å². The molecule has 1 fully saturated rings. The third-order valence-corrected chi connectivity index (χ3v) is 5.11. The molecule has 6 nitrogen and oxygen atoms in total. The van der Waals surface area contributed by atoms with Crippen LogP contribution in [-0.2, 0) is 19.4 Å². The first-order chi connectivity index (χ1) is 11.9. The average Bonchev–Trinajstić information content (AvgIpc) is 3.00. The first-order valence-electron chi connectivity index (χ1n) is 8.73. The summed E-state index contributed by atoms with van der Waals surface area (Å²) in [5.74, 6) is 2.58. The number of nitrogens with one attached hydrogen (secondary N) is 2. The second-order valence-electron chi connectivity index (χ2n) is 6.85. The lowest BCUT2D eigenvalue weighted by Gasteiger charge is -2.18. The van der Waals surface area contributed by atoms with Gasteiger partial charge in [-0.25, -0.2) is 0 Å². The molecule has 0 atom stereocenters. The minimum atomic E-state index is 0.721. The van der Waals surface area contributed by atoms with Crippen LogP contribution in [0.1, 0.15) is 41.5 Å². The van der Waals surface area contributed by atoms with E-state index in [0.29, 0.717) is 0 Å². The lowest BCUT2D eigenvalue weighted by Crippen LogP contribution is -2.25. The van der Waals surface area contributed by atoms with Crippen LogP contribution in [0.5, 0.6) is 0 Å². The second kappa shape index (κ2) is 5.63. The number of nitrogens with zero attached hydrogens (tertiary/aromatic N) is 3. The fraction of sp³-hybridized carbons (Fsp3) is 0.444. The molecule has 0 amide bonds. The molecule has 2 aliphatic rings. The SMILES string of the molecule is c1cc(-c2ccc(CN3CCc4[nH]nc(C5CC5)c4CC3)o2)[nH]n1. The molecule has 0 bridgehead atoms. The number of aromatic amines is 2. The summed E-state index contributed by atoms with van der Waals surface area (Å²) in [7, 11) is 0. The van der Waals surface area contributed by atoms with Gasteiger partial charge in [0.05, 0.1) is 12.2 Å². The van der Waals surface area contributed by atoms with Crippen LogP contribution in [0.15, 0.2) is 28.8 Å². The van der Waals surface area contributed by atoms with E-state index in [-0.39, 0.29) is 0 Å². The van der Waals surface area contributed by atoms with Crippen LogP contribution < -0.4 is 0 Å². The largest absolute Gasteiger partial charge is 0.458 e. The van der Waals surface area contributed by atoms with Gasteiger partial charge in [-0.3, -0.25) is 15.1 Å². The Bertz CT molecular complexity index is 828. The quantitative estimate of drug-likeness (QED) is 0.774. The van der Waals surface area contributed by atoms with E-state index >= 15 is 0 Å². The monoisotopic (exact) mass is 323 g/mol. The van der Waals surface area contributed by atoms with Crippen LogP contribution >= 0.6 is 0 Å². The van der Waals surface area contributed by atoms with Crippen molar-refractivity contribution in [2.24, 2.45) is 0 Å². The van der Waals surface area contributed by atoms with E-state index in [1.165, 1.54) is 29.8 Å². The number of hydrogen-bond acceptors (Lipinski definition) is 4. The zero-order valence-corrected chi connectivity index (χ0v) is 13.6. The molecule has 1 aliphatic heterocycles. The van der Waals surface area contributed by atoms with Crippen molar-refractivity contribution in [3.63, 3.8) is 0 Å². The molecule has 1 aliphatic carbocycles. The maximum Gasteiger partial charge on any atom is 0.152 e. The number of furan rings is 1. The van der Waals surface area contributed by atoms with Crippen LogP contribution in [0.4, 0.5) is 0 Å². The van der Waals surface area contributed by atoms with Crippen LogP contribution in [0, 0.1) is 0 Å². The normalized spacial score (nSPS) is 18.5. The summed E-state index contributed by atoms with van der Waals surface area (Å²) < 4.78 is 5.97. The highest BCUT2D eigenvalue weighted by Crippen LogP contribution is 2.41. The van der Waals surface area contributed by atoms with E-state index < -0.39 is 0 Å². The van der Waals surface area contributed by atoms with Gasteiger partial charge in [0.1, 0.15) is 11.5 Å². The number of aromatic nitrogens is 4. The summed E-state index contributed by atoms with van der Waals surface area (Å²) in [5.41, 5.74) is 5.09. The maximum atomic E-state index is 5.97. The van der Waals surface area contributed by atoms with Gasteiger partial charge in [-0.05, 0) is 43.0 Å². The fourth-order valence-electron chi connectivity index (χ4n) is 3.63. The van der Waals surface area contributed by atoms with Gasteiger partial charge in [-0.1, -0.05) is 0 Å². The molecule has 6 heteroatoms. The van der Waals surface area contributed by atoms with Crippen molar-refractivity contribution in [1.29, 1.82) is 0 Å². The standard InChI is InChI=1S/C18H21N5O/c1-2-12(1)18-14-6-9-23(10-7-15(14)21-22-18)11-13-3-4-17(24-13)16-5-8-19-20-16/h3-5,8,12H,1-2,6-7,9-11H2,(H,19,20)(H,21,22). The highest BCUT2D eigenvalue weighted by Gasteiger charge is 2.31. The van der Waals surface area contributed by atoms with Gasteiger partial charge in [0.15, 0.2) is 5.76 Å². The predicted molar refractivity (Wildman–Crippen MR) is 89.5 cm³/mol. The van der Waals surface area contributed by atoms with E-state index in [2.05, 4.69) is 31.4 Å². The van der Waals surface area contributed by atoms with Gasteiger partial charge in [0.25, 0.3) is 0 Å². The highest BCUT2D eigenvalue weighted by molar-refractivity contribution is 5.51. The summed E-state index contributed by atoms with van der Waals surface area (Å²) in [6.07, 6.45) is 6.49. The van der Waals surface area contributed by atoms with E-state index in [9.17, 15) is 0 Å². The summed E-state index contributed by atoms with van der Waals surface area (Å²) in [4.78, 5) is 2.47. The Labute approximate surface area is 140 Å². The summed E-state index contributed by atoms with van der Waals surface area (Å²) in [6, 6.07) is 6.00. The molecule has 1 saturated carbocycles. The average molecular weight is 323 g/mol. The van der Waals surface area contributed by atoms with E-state index in [4.69, 9.17) is 4.42 Å². The topological polar surface area (TPSA) is 73.7 Å². The van der Waals surface area contributed by atoms with Crippen LogP contribution in [0.3, 0.4) is 0 Å². The van der Waals surface area contributed by atoms with Crippen molar-refractivity contribution in [2.75, 3.05) is 13.1 Å². The molecule has 0 unspecified atom stereocenters. The Balaban J connectivity index is 1.28. The van der Waals surface area contributed by atoms with E-state index in [0.717, 1.165) is 55.6 Å². The lowest BCUT2D eigenvalue weighted by atomic mass is 10.1. The Morgan fingerprint density at radius 3 is 2.88 bits per heavy atom. The van der Waals surface area contributed by atoms with Crippen LogP contribution in [0.25, 0.3) is 11.5 Å². The highest BCUT2D eigenvalue weighted by atomic mass is 16.3. The van der Waals surface area contributed by atoms with Crippen molar-refractivity contribution in [2.45, 2.75) is 38.1 Å². The molecule has 0 spiro atoms. The molecule has 5 rings (SSSR count). The Kier molecular flexibility index (Phi) is 3.29. The summed E-state index contributed by atoms with van der Waals surface area (Å²) in [5, 5.41) is 14.8. The van der Waals surface area contributed by atoms with Gasteiger partial charge in [-0.2, -0.15) is 10.2 Å². The first-order valence-corrected chi connectivity index (χ1v) is 8.73. The molecule has 3 aromatic heterocycles. The van der Waals surface area contributed by atoms with Gasteiger partial charge < -0.3 is 4.42 Å². The molecular formula is C18H21N5O.